The molecule has 2 aromatic rings. The van der Waals surface area contributed by atoms with Crippen molar-refractivity contribution >= 4 is 29.2 Å². The second kappa shape index (κ2) is 9.43. The molecular formula is C23H26N2O5. The highest BCUT2D eigenvalue weighted by atomic mass is 16.5. The normalized spacial score (nSPS) is 12.6. The summed E-state index contributed by atoms with van der Waals surface area (Å²) in [5.41, 5.74) is 4.64. The molecule has 0 unspecified atom stereocenters. The molecule has 0 spiro atoms. The van der Waals surface area contributed by atoms with E-state index in [-0.39, 0.29) is 11.8 Å². The number of carbonyl (C=O) groups excluding carboxylic acids is 3. The van der Waals surface area contributed by atoms with Crippen molar-refractivity contribution in [2.45, 2.75) is 39.5 Å². The number of esters is 1. The predicted molar refractivity (Wildman–Crippen MR) is 114 cm³/mol. The molecule has 1 heterocycles. The number of aryl methyl sites for hydroxylation is 2. The van der Waals surface area contributed by atoms with Crippen molar-refractivity contribution in [2.24, 2.45) is 0 Å². The zero-order valence-electron chi connectivity index (χ0n) is 17.5. The Morgan fingerprint density at radius 1 is 1.13 bits per heavy atom. The van der Waals surface area contributed by atoms with E-state index < -0.39 is 5.97 Å². The Kier molecular flexibility index (Phi) is 6.72. The molecule has 0 saturated heterocycles. The highest BCUT2D eigenvalue weighted by Gasteiger charge is 2.16. The summed E-state index contributed by atoms with van der Waals surface area (Å²) in [6.07, 6.45) is 2.02. The van der Waals surface area contributed by atoms with E-state index >= 15 is 0 Å². The van der Waals surface area contributed by atoms with Crippen LogP contribution in [-0.4, -0.2) is 31.5 Å². The molecule has 158 valence electrons. The van der Waals surface area contributed by atoms with Crippen molar-refractivity contribution in [3.8, 4) is 5.75 Å². The maximum Gasteiger partial charge on any atom is 0.338 e. The molecule has 0 aliphatic carbocycles. The van der Waals surface area contributed by atoms with Gasteiger partial charge in [-0.15, -0.1) is 0 Å². The monoisotopic (exact) mass is 410 g/mol. The van der Waals surface area contributed by atoms with Gasteiger partial charge in [0.15, 0.2) is 0 Å². The molecule has 0 saturated carbocycles. The molecule has 7 nitrogen and oxygen atoms in total. The fraction of sp³-hybridized carbons (Fsp3) is 0.348. The molecule has 0 bridgehead atoms. The first-order chi connectivity index (χ1) is 14.4. The highest BCUT2D eigenvalue weighted by Crippen LogP contribution is 2.27. The van der Waals surface area contributed by atoms with E-state index in [0.29, 0.717) is 43.5 Å². The fourth-order valence-corrected chi connectivity index (χ4v) is 3.35. The van der Waals surface area contributed by atoms with E-state index in [1.54, 1.807) is 6.07 Å². The summed E-state index contributed by atoms with van der Waals surface area (Å²) in [5.74, 6) is 0.183. The summed E-state index contributed by atoms with van der Waals surface area (Å²) in [6.45, 7) is 4.13. The van der Waals surface area contributed by atoms with Gasteiger partial charge in [0.1, 0.15) is 5.75 Å². The van der Waals surface area contributed by atoms with Crippen molar-refractivity contribution in [3.05, 3.63) is 52.6 Å². The van der Waals surface area contributed by atoms with Gasteiger partial charge in [-0.1, -0.05) is 0 Å². The minimum absolute atomic E-state index is 0.0321. The number of carbonyl (C=O) groups is 3. The third-order valence-electron chi connectivity index (χ3n) is 5.15. The minimum atomic E-state index is -0.426. The number of fused-ring (bicyclic) bond motifs is 1. The molecule has 0 radical (unpaired) electrons. The van der Waals surface area contributed by atoms with Crippen LogP contribution in [0.25, 0.3) is 0 Å². The first-order valence-corrected chi connectivity index (χ1v) is 9.92. The smallest absolute Gasteiger partial charge is 0.338 e. The maximum absolute atomic E-state index is 12.3. The van der Waals surface area contributed by atoms with Gasteiger partial charge < -0.3 is 20.1 Å². The van der Waals surface area contributed by atoms with Crippen LogP contribution in [0.3, 0.4) is 0 Å². The Balaban J connectivity index is 1.49. The molecule has 1 aliphatic heterocycles. The van der Waals surface area contributed by atoms with Crippen LogP contribution in [0.5, 0.6) is 5.75 Å². The Labute approximate surface area is 175 Å². The Bertz CT molecular complexity index is 984. The number of rotatable bonds is 7. The van der Waals surface area contributed by atoms with Crippen molar-refractivity contribution < 1.29 is 23.9 Å². The van der Waals surface area contributed by atoms with Crippen LogP contribution in [0.2, 0.25) is 0 Å². The van der Waals surface area contributed by atoms with Gasteiger partial charge in [0.05, 0.1) is 19.3 Å². The third-order valence-corrected chi connectivity index (χ3v) is 5.15. The van der Waals surface area contributed by atoms with Gasteiger partial charge in [0.2, 0.25) is 11.8 Å². The molecule has 7 heteroatoms. The van der Waals surface area contributed by atoms with Crippen LogP contribution < -0.4 is 15.4 Å². The minimum Gasteiger partial charge on any atom is -0.494 e. The number of hydrogen-bond acceptors (Lipinski definition) is 5. The predicted octanol–water partition coefficient (Wildman–Crippen LogP) is 3.77. The molecular weight excluding hydrogens is 384 g/mol. The summed E-state index contributed by atoms with van der Waals surface area (Å²) in [6, 6.07) is 9.05. The topological polar surface area (TPSA) is 93.7 Å². The number of nitrogens with one attached hydrogen (secondary N) is 2. The number of methoxy groups -OCH3 is 1. The van der Waals surface area contributed by atoms with Crippen LogP contribution in [-0.2, 0) is 20.7 Å². The van der Waals surface area contributed by atoms with E-state index in [0.717, 1.165) is 28.1 Å². The van der Waals surface area contributed by atoms with Crippen LogP contribution in [0, 0.1) is 13.8 Å². The first kappa shape index (κ1) is 21.4. The summed E-state index contributed by atoms with van der Waals surface area (Å²) in [4.78, 5) is 35.6. The number of ether oxygens (including phenoxy) is 2. The average Bonchev–Trinajstić information content (AvgIpc) is 2.73. The largest absolute Gasteiger partial charge is 0.494 e. The van der Waals surface area contributed by atoms with E-state index in [4.69, 9.17) is 9.47 Å². The second-order valence-electron chi connectivity index (χ2n) is 7.32. The average molecular weight is 410 g/mol. The molecule has 0 aromatic heterocycles. The van der Waals surface area contributed by atoms with Crippen molar-refractivity contribution in [2.75, 3.05) is 24.4 Å². The van der Waals surface area contributed by atoms with Gasteiger partial charge in [-0.3, -0.25) is 9.59 Å². The van der Waals surface area contributed by atoms with Crippen LogP contribution in [0.1, 0.15) is 46.3 Å². The molecule has 2 N–H and O–H groups in total. The van der Waals surface area contributed by atoms with Gasteiger partial charge in [-0.05, 0) is 73.7 Å². The molecule has 3 rings (SSSR count). The number of amides is 2. The van der Waals surface area contributed by atoms with E-state index in [1.807, 2.05) is 38.1 Å². The number of benzene rings is 2. The molecule has 0 fully saturated rings. The van der Waals surface area contributed by atoms with Gasteiger partial charge in [0, 0.05) is 24.2 Å². The van der Waals surface area contributed by atoms with E-state index in [9.17, 15) is 14.4 Å². The van der Waals surface area contributed by atoms with Gasteiger partial charge >= 0.3 is 5.97 Å². The van der Waals surface area contributed by atoms with Crippen LogP contribution >= 0.6 is 0 Å². The van der Waals surface area contributed by atoms with Gasteiger partial charge in [-0.2, -0.15) is 0 Å². The zero-order valence-corrected chi connectivity index (χ0v) is 17.5. The number of anilines is 2. The Morgan fingerprint density at radius 3 is 2.70 bits per heavy atom. The lowest BCUT2D eigenvalue weighted by Gasteiger charge is -2.17. The quantitative estimate of drug-likeness (QED) is 0.535. The van der Waals surface area contributed by atoms with Crippen LogP contribution in [0.15, 0.2) is 30.3 Å². The highest BCUT2D eigenvalue weighted by molar-refractivity contribution is 5.96. The van der Waals surface area contributed by atoms with E-state index in [1.165, 1.54) is 7.11 Å². The lowest BCUT2D eigenvalue weighted by molar-refractivity contribution is -0.117. The Morgan fingerprint density at radius 2 is 1.93 bits per heavy atom. The van der Waals surface area contributed by atoms with Crippen molar-refractivity contribution in [3.63, 3.8) is 0 Å². The lowest BCUT2D eigenvalue weighted by Crippen LogP contribution is -2.18. The summed E-state index contributed by atoms with van der Waals surface area (Å²) >= 11 is 0. The zero-order chi connectivity index (χ0) is 21.7. The number of hydrogen-bond donors (Lipinski definition) is 2. The lowest BCUT2D eigenvalue weighted by atomic mass is 10.0. The third kappa shape index (κ3) is 5.17. The summed E-state index contributed by atoms with van der Waals surface area (Å²) < 4.78 is 10.6. The van der Waals surface area contributed by atoms with Crippen molar-refractivity contribution in [1.82, 2.24) is 0 Å². The van der Waals surface area contributed by atoms with Crippen molar-refractivity contribution in [1.29, 1.82) is 0 Å². The first-order valence-electron chi connectivity index (χ1n) is 9.92. The van der Waals surface area contributed by atoms with Gasteiger partial charge in [-0.25, -0.2) is 4.79 Å². The molecule has 2 aromatic carbocycles. The summed E-state index contributed by atoms with van der Waals surface area (Å²) in [7, 11) is 1.33. The molecule has 2 amide bonds. The van der Waals surface area contributed by atoms with Gasteiger partial charge in [0.25, 0.3) is 0 Å². The molecule has 1 aliphatic rings. The SMILES string of the molecule is COC(=O)c1cc(NC(=O)CCCOc2ccc3c(c2)CCC(=O)N3)cc(C)c1C. The molecule has 0 atom stereocenters. The molecule has 30 heavy (non-hydrogen) atoms. The maximum atomic E-state index is 12.3. The second-order valence-corrected chi connectivity index (χ2v) is 7.32. The van der Waals surface area contributed by atoms with Crippen LogP contribution in [0.4, 0.5) is 11.4 Å². The van der Waals surface area contributed by atoms with E-state index in [2.05, 4.69) is 10.6 Å². The standard InChI is InChI=1S/C23H26N2O5/c1-14-11-17(13-19(15(14)2)23(28)29-3)24-21(26)5-4-10-30-18-7-8-20-16(12-18)6-9-22(27)25-20/h7-8,11-13H,4-6,9-10H2,1-3H3,(H,24,26)(H,25,27). The summed E-state index contributed by atoms with van der Waals surface area (Å²) in [5, 5.41) is 5.67. The fourth-order valence-electron chi connectivity index (χ4n) is 3.35. The Hall–Kier alpha value is -3.35.